The van der Waals surface area contributed by atoms with Crippen molar-refractivity contribution >= 4 is 18.3 Å². The van der Waals surface area contributed by atoms with Crippen LogP contribution < -0.4 is 5.32 Å². The summed E-state index contributed by atoms with van der Waals surface area (Å²) < 4.78 is 24.0. The number of rotatable bonds is 5. The molecule has 1 spiro atoms. The van der Waals surface area contributed by atoms with Crippen LogP contribution in [0.1, 0.15) is 12.1 Å². The second-order valence-corrected chi connectivity index (χ2v) is 7.34. The van der Waals surface area contributed by atoms with Crippen molar-refractivity contribution in [2.75, 3.05) is 26.3 Å². The number of aromatic nitrogens is 1. The first kappa shape index (κ1) is 23.3. The van der Waals surface area contributed by atoms with Crippen LogP contribution in [0.3, 0.4) is 0 Å². The zero-order chi connectivity index (χ0) is 23.1. The summed E-state index contributed by atoms with van der Waals surface area (Å²) in [6, 6.07) is 10.2. The molecule has 1 aromatic carbocycles. The number of carboxylic acids is 1. The quantitative estimate of drug-likeness (QED) is 0.667. The molecule has 3 heterocycles. The molecule has 4 rings (SSSR count). The van der Waals surface area contributed by atoms with Gasteiger partial charge in [-0.2, -0.15) is 0 Å². The Kier molecular flexibility index (Phi) is 7.49. The highest BCUT2D eigenvalue weighted by Gasteiger charge is 2.52. The van der Waals surface area contributed by atoms with E-state index in [0.29, 0.717) is 25.3 Å². The van der Waals surface area contributed by atoms with Crippen molar-refractivity contribution in [1.29, 1.82) is 0 Å². The minimum atomic E-state index is -1.11. The summed E-state index contributed by atoms with van der Waals surface area (Å²) >= 11 is 0. The molecule has 10 heteroatoms. The van der Waals surface area contributed by atoms with Gasteiger partial charge in [-0.1, -0.05) is 30.3 Å². The predicted molar refractivity (Wildman–Crippen MR) is 111 cm³/mol. The van der Waals surface area contributed by atoms with Gasteiger partial charge in [0.25, 0.3) is 0 Å². The molecule has 32 heavy (non-hydrogen) atoms. The summed E-state index contributed by atoms with van der Waals surface area (Å²) in [5, 5.41) is 11.3. The Morgan fingerprint density at radius 1 is 1.28 bits per heavy atom. The van der Waals surface area contributed by atoms with Crippen LogP contribution in [0.4, 0.5) is 4.39 Å². The molecule has 2 aliphatic heterocycles. The summed E-state index contributed by atoms with van der Waals surface area (Å²) in [6.45, 7) is 2.28. The Balaban J connectivity index is 0.000000186. The topological polar surface area (TPSA) is 118 Å². The molecular formula is C22H24FN3O6. The lowest BCUT2D eigenvalue weighted by Gasteiger charge is -2.22. The molecule has 2 saturated heterocycles. The van der Waals surface area contributed by atoms with Gasteiger partial charge >= 0.3 is 5.97 Å². The molecule has 2 aromatic rings. The standard InChI is InChI=1S/C12H10FN.C10H14N2O6/c1-9-12(13)7-11(8-14-9)10-5-3-2-4-6-10;13-6-11-4-8(14)12-5-10(17-1-2-18-10)3-7(12)9(15)16/h2-8H,1H3;6-7H,1-5H2,(H,11,13)(H,15,16). The van der Waals surface area contributed by atoms with Gasteiger partial charge in [0.05, 0.1) is 32.0 Å². The SMILES string of the molecule is Cc1ncc(-c2ccccc2)cc1F.O=CNCC(=O)N1CC2(CC1C(=O)O)OCCO2. The number of amides is 2. The summed E-state index contributed by atoms with van der Waals surface area (Å²) in [7, 11) is 0. The van der Waals surface area contributed by atoms with Crippen LogP contribution in [-0.2, 0) is 23.9 Å². The van der Waals surface area contributed by atoms with E-state index in [2.05, 4.69) is 10.3 Å². The number of nitrogens with one attached hydrogen (secondary N) is 1. The molecule has 1 unspecified atom stereocenters. The van der Waals surface area contributed by atoms with Crippen LogP contribution >= 0.6 is 0 Å². The monoisotopic (exact) mass is 445 g/mol. The number of carbonyl (C=O) groups excluding carboxylic acids is 2. The van der Waals surface area contributed by atoms with Crippen molar-refractivity contribution in [3.8, 4) is 11.1 Å². The van der Waals surface area contributed by atoms with Crippen LogP contribution in [0.5, 0.6) is 0 Å². The van der Waals surface area contributed by atoms with E-state index in [0.717, 1.165) is 11.1 Å². The average molecular weight is 445 g/mol. The van der Waals surface area contributed by atoms with Gasteiger partial charge in [-0.3, -0.25) is 14.6 Å². The molecular weight excluding hydrogens is 421 g/mol. The maximum atomic E-state index is 13.2. The maximum absolute atomic E-state index is 13.2. The van der Waals surface area contributed by atoms with Gasteiger partial charge in [0.2, 0.25) is 12.3 Å². The van der Waals surface area contributed by atoms with Crippen molar-refractivity contribution in [3.05, 3.63) is 54.1 Å². The number of aliphatic carboxylic acids is 1. The van der Waals surface area contributed by atoms with E-state index in [9.17, 15) is 18.8 Å². The highest BCUT2D eigenvalue weighted by atomic mass is 19.1. The number of pyridine rings is 1. The highest BCUT2D eigenvalue weighted by Crippen LogP contribution is 2.34. The number of ether oxygens (including phenoxy) is 2. The highest BCUT2D eigenvalue weighted by molar-refractivity contribution is 5.86. The van der Waals surface area contributed by atoms with Crippen molar-refractivity contribution in [2.45, 2.75) is 25.2 Å². The van der Waals surface area contributed by atoms with Crippen LogP contribution in [0.15, 0.2) is 42.6 Å². The van der Waals surface area contributed by atoms with Crippen molar-refractivity contribution in [3.63, 3.8) is 0 Å². The normalized spacial score (nSPS) is 18.7. The van der Waals surface area contributed by atoms with Gasteiger partial charge < -0.3 is 24.8 Å². The van der Waals surface area contributed by atoms with E-state index in [-0.39, 0.29) is 25.3 Å². The van der Waals surface area contributed by atoms with E-state index in [1.807, 2.05) is 30.3 Å². The van der Waals surface area contributed by atoms with Gasteiger partial charge in [0, 0.05) is 18.2 Å². The van der Waals surface area contributed by atoms with Crippen molar-refractivity contribution in [2.24, 2.45) is 0 Å². The Morgan fingerprint density at radius 3 is 2.56 bits per heavy atom. The van der Waals surface area contributed by atoms with E-state index in [1.165, 1.54) is 11.0 Å². The summed E-state index contributed by atoms with van der Waals surface area (Å²) in [6.07, 6.45) is 2.19. The molecule has 2 fully saturated rings. The molecule has 2 N–H and O–H groups in total. The molecule has 9 nitrogen and oxygen atoms in total. The van der Waals surface area contributed by atoms with Crippen LogP contribution in [0, 0.1) is 12.7 Å². The fourth-order valence-electron chi connectivity index (χ4n) is 3.55. The average Bonchev–Trinajstić information content (AvgIpc) is 3.42. The van der Waals surface area contributed by atoms with E-state index in [4.69, 9.17) is 14.6 Å². The molecule has 2 amide bonds. The molecule has 0 aliphatic carbocycles. The van der Waals surface area contributed by atoms with Gasteiger partial charge in [-0.15, -0.1) is 0 Å². The minimum absolute atomic E-state index is 0.0728. The van der Waals surface area contributed by atoms with Gasteiger partial charge in [0.1, 0.15) is 11.9 Å². The summed E-state index contributed by atoms with van der Waals surface area (Å²) in [5.74, 6) is -2.83. The number of likely N-dealkylation sites (tertiary alicyclic amines) is 1. The number of carboxylic acid groups (broad SMARTS) is 1. The number of hydrogen-bond acceptors (Lipinski definition) is 6. The number of benzene rings is 1. The largest absolute Gasteiger partial charge is 0.480 e. The van der Waals surface area contributed by atoms with Crippen LogP contribution in [-0.4, -0.2) is 71.4 Å². The molecule has 1 atom stereocenters. The molecule has 0 saturated carbocycles. The number of halogens is 1. The lowest BCUT2D eigenvalue weighted by atomic mass is 10.1. The van der Waals surface area contributed by atoms with Crippen LogP contribution in [0.2, 0.25) is 0 Å². The molecule has 170 valence electrons. The predicted octanol–water partition coefficient (Wildman–Crippen LogP) is 1.36. The van der Waals surface area contributed by atoms with Gasteiger partial charge in [-0.25, -0.2) is 9.18 Å². The van der Waals surface area contributed by atoms with E-state index < -0.39 is 23.7 Å². The number of nitrogens with zero attached hydrogens (tertiary/aromatic N) is 2. The van der Waals surface area contributed by atoms with E-state index in [1.54, 1.807) is 13.1 Å². The fraction of sp³-hybridized carbons (Fsp3) is 0.364. The lowest BCUT2D eigenvalue weighted by molar-refractivity contribution is -0.152. The first-order chi connectivity index (χ1) is 15.3. The second-order valence-electron chi connectivity index (χ2n) is 7.34. The third-order valence-electron chi connectivity index (χ3n) is 5.18. The zero-order valence-corrected chi connectivity index (χ0v) is 17.5. The first-order valence-electron chi connectivity index (χ1n) is 10.00. The molecule has 0 radical (unpaired) electrons. The number of aryl methyl sites for hydroxylation is 1. The van der Waals surface area contributed by atoms with Gasteiger partial charge in [0.15, 0.2) is 5.79 Å². The lowest BCUT2D eigenvalue weighted by Crippen LogP contribution is -2.45. The molecule has 1 aromatic heterocycles. The molecule has 0 bridgehead atoms. The fourth-order valence-corrected chi connectivity index (χ4v) is 3.55. The zero-order valence-electron chi connectivity index (χ0n) is 17.5. The smallest absolute Gasteiger partial charge is 0.326 e. The summed E-state index contributed by atoms with van der Waals surface area (Å²) in [5.41, 5.74) is 2.23. The summed E-state index contributed by atoms with van der Waals surface area (Å²) in [4.78, 5) is 38.2. The Hall–Kier alpha value is -3.37. The molecule has 2 aliphatic rings. The van der Waals surface area contributed by atoms with Gasteiger partial charge in [-0.05, 0) is 18.6 Å². The number of hydrogen-bond donors (Lipinski definition) is 2. The Bertz CT molecular complexity index is 965. The second kappa shape index (κ2) is 10.3. The van der Waals surface area contributed by atoms with E-state index >= 15 is 0 Å². The Morgan fingerprint density at radius 2 is 1.97 bits per heavy atom. The maximum Gasteiger partial charge on any atom is 0.326 e. The van der Waals surface area contributed by atoms with Crippen molar-refractivity contribution in [1.82, 2.24) is 15.2 Å². The van der Waals surface area contributed by atoms with Crippen LogP contribution in [0.25, 0.3) is 11.1 Å². The first-order valence-corrected chi connectivity index (χ1v) is 10.00. The minimum Gasteiger partial charge on any atom is -0.480 e. The third-order valence-corrected chi connectivity index (χ3v) is 5.18. The number of carbonyl (C=O) groups is 3. The van der Waals surface area contributed by atoms with Crippen molar-refractivity contribution < 1.29 is 33.4 Å². The Labute approximate surface area is 184 Å². The third kappa shape index (κ3) is 5.45.